The standard InChI is InChI=1S/C19H22O5/c1-9(2)13-8-14-15(21)6-12(20)7-17(14)24-19(13)11-4-10(3)18(23)16(22)5-11/h4-7,9,13,19-23H,8H2,1-3H3/t13-,19+/m0/s1. The van der Waals surface area contributed by atoms with Crippen LogP contribution in [-0.2, 0) is 6.42 Å². The van der Waals surface area contributed by atoms with Gasteiger partial charge in [-0.1, -0.05) is 13.8 Å². The average molecular weight is 330 g/mol. The Morgan fingerprint density at radius 3 is 2.33 bits per heavy atom. The molecule has 2 aromatic rings. The van der Waals surface area contributed by atoms with Gasteiger partial charge < -0.3 is 25.2 Å². The Balaban J connectivity index is 2.09. The van der Waals surface area contributed by atoms with Crippen molar-refractivity contribution < 1.29 is 25.2 Å². The van der Waals surface area contributed by atoms with E-state index in [1.165, 1.54) is 18.2 Å². The van der Waals surface area contributed by atoms with Crippen molar-refractivity contribution in [3.63, 3.8) is 0 Å². The van der Waals surface area contributed by atoms with Crippen molar-refractivity contribution in [1.82, 2.24) is 0 Å². The van der Waals surface area contributed by atoms with Gasteiger partial charge in [-0.25, -0.2) is 0 Å². The highest BCUT2D eigenvalue weighted by molar-refractivity contribution is 5.52. The smallest absolute Gasteiger partial charge is 0.160 e. The molecule has 2 aromatic carbocycles. The van der Waals surface area contributed by atoms with Gasteiger partial charge in [-0.3, -0.25) is 0 Å². The second-order valence-electron chi connectivity index (χ2n) is 6.80. The van der Waals surface area contributed by atoms with E-state index in [1.807, 2.05) is 0 Å². The molecule has 0 unspecified atom stereocenters. The zero-order valence-corrected chi connectivity index (χ0v) is 13.9. The molecular formula is C19H22O5. The van der Waals surface area contributed by atoms with E-state index < -0.39 is 0 Å². The van der Waals surface area contributed by atoms with Crippen molar-refractivity contribution in [2.75, 3.05) is 0 Å². The third-order valence-corrected chi connectivity index (χ3v) is 4.74. The third-order valence-electron chi connectivity index (χ3n) is 4.74. The van der Waals surface area contributed by atoms with Gasteiger partial charge in [-0.15, -0.1) is 0 Å². The van der Waals surface area contributed by atoms with Gasteiger partial charge in [0.1, 0.15) is 23.4 Å². The highest BCUT2D eigenvalue weighted by Crippen LogP contribution is 2.47. The summed E-state index contributed by atoms with van der Waals surface area (Å²) in [5.74, 6) is 0.451. The normalized spacial score (nSPS) is 19.8. The molecule has 0 radical (unpaired) electrons. The van der Waals surface area contributed by atoms with E-state index >= 15 is 0 Å². The number of rotatable bonds is 2. The van der Waals surface area contributed by atoms with Crippen LogP contribution in [0.5, 0.6) is 28.7 Å². The summed E-state index contributed by atoms with van der Waals surface area (Å²) in [6, 6.07) is 6.11. The number of aromatic hydroxyl groups is 4. The van der Waals surface area contributed by atoms with Gasteiger partial charge in [0.15, 0.2) is 11.5 Å². The summed E-state index contributed by atoms with van der Waals surface area (Å²) >= 11 is 0. The maximum atomic E-state index is 10.1. The van der Waals surface area contributed by atoms with Crippen LogP contribution in [0.4, 0.5) is 0 Å². The molecule has 3 rings (SSSR count). The van der Waals surface area contributed by atoms with Crippen LogP contribution in [0, 0.1) is 18.8 Å². The summed E-state index contributed by atoms with van der Waals surface area (Å²) in [6.07, 6.45) is 0.258. The minimum atomic E-state index is -0.344. The molecule has 2 atom stereocenters. The quantitative estimate of drug-likeness (QED) is 0.629. The zero-order chi connectivity index (χ0) is 17.6. The minimum Gasteiger partial charge on any atom is -0.508 e. The van der Waals surface area contributed by atoms with Crippen LogP contribution < -0.4 is 4.74 Å². The topological polar surface area (TPSA) is 90.2 Å². The van der Waals surface area contributed by atoms with E-state index in [0.717, 1.165) is 5.56 Å². The van der Waals surface area contributed by atoms with E-state index in [4.69, 9.17) is 4.74 Å². The van der Waals surface area contributed by atoms with Crippen LogP contribution in [-0.4, -0.2) is 20.4 Å². The number of hydrogen-bond acceptors (Lipinski definition) is 5. The first-order chi connectivity index (χ1) is 11.3. The number of hydrogen-bond donors (Lipinski definition) is 4. The molecule has 0 aromatic heterocycles. The van der Waals surface area contributed by atoms with Crippen LogP contribution in [0.3, 0.4) is 0 Å². The fourth-order valence-electron chi connectivity index (χ4n) is 3.35. The SMILES string of the molecule is Cc1cc([C@H]2Oc3cc(O)cc(O)c3C[C@H]2C(C)C)cc(O)c1O. The average Bonchev–Trinajstić information content (AvgIpc) is 2.50. The molecule has 1 heterocycles. The highest BCUT2D eigenvalue weighted by Gasteiger charge is 2.35. The number of aryl methyl sites for hydroxylation is 1. The fraction of sp³-hybridized carbons (Fsp3) is 0.368. The number of ether oxygens (including phenoxy) is 1. The van der Waals surface area contributed by atoms with Gasteiger partial charge >= 0.3 is 0 Å². The molecule has 0 fully saturated rings. The summed E-state index contributed by atoms with van der Waals surface area (Å²) in [5.41, 5.74) is 2.01. The van der Waals surface area contributed by atoms with E-state index in [1.54, 1.807) is 13.0 Å². The highest BCUT2D eigenvalue weighted by atomic mass is 16.5. The molecule has 0 saturated carbocycles. The summed E-state index contributed by atoms with van der Waals surface area (Å²) in [7, 11) is 0. The van der Waals surface area contributed by atoms with Crippen LogP contribution in [0.1, 0.15) is 36.6 Å². The van der Waals surface area contributed by atoms with E-state index in [0.29, 0.717) is 23.3 Å². The van der Waals surface area contributed by atoms with Crippen molar-refractivity contribution in [2.45, 2.75) is 33.3 Å². The van der Waals surface area contributed by atoms with Crippen molar-refractivity contribution in [3.05, 3.63) is 41.0 Å². The monoisotopic (exact) mass is 330 g/mol. The first-order valence-electron chi connectivity index (χ1n) is 8.02. The van der Waals surface area contributed by atoms with Crippen molar-refractivity contribution in [2.24, 2.45) is 11.8 Å². The Morgan fingerprint density at radius 1 is 1.00 bits per heavy atom. The number of benzene rings is 2. The molecular weight excluding hydrogens is 308 g/mol. The van der Waals surface area contributed by atoms with Gasteiger partial charge in [0.25, 0.3) is 0 Å². The van der Waals surface area contributed by atoms with Gasteiger partial charge in [-0.2, -0.15) is 0 Å². The van der Waals surface area contributed by atoms with Gasteiger partial charge in [0, 0.05) is 23.6 Å². The van der Waals surface area contributed by atoms with E-state index in [9.17, 15) is 20.4 Å². The van der Waals surface area contributed by atoms with Gasteiger partial charge in [0.05, 0.1) is 0 Å². The Bertz CT molecular complexity index is 759. The maximum Gasteiger partial charge on any atom is 0.160 e. The molecule has 1 aliphatic rings. The second kappa shape index (κ2) is 5.82. The lowest BCUT2D eigenvalue weighted by atomic mass is 9.79. The summed E-state index contributed by atoms with van der Waals surface area (Å²) in [4.78, 5) is 0. The lowest BCUT2D eigenvalue weighted by Crippen LogP contribution is -2.29. The van der Waals surface area contributed by atoms with E-state index in [2.05, 4.69) is 13.8 Å². The van der Waals surface area contributed by atoms with E-state index in [-0.39, 0.29) is 40.9 Å². The predicted octanol–water partition coefficient (Wildman–Crippen LogP) is 3.77. The molecule has 5 nitrogen and oxygen atoms in total. The van der Waals surface area contributed by atoms with Crippen molar-refractivity contribution in [1.29, 1.82) is 0 Å². The molecule has 0 bridgehead atoms. The molecule has 4 N–H and O–H groups in total. The molecule has 0 amide bonds. The molecule has 1 aliphatic heterocycles. The lowest BCUT2D eigenvalue weighted by molar-refractivity contribution is 0.0832. The summed E-state index contributed by atoms with van der Waals surface area (Å²) < 4.78 is 6.09. The largest absolute Gasteiger partial charge is 0.508 e. The van der Waals surface area contributed by atoms with Crippen molar-refractivity contribution >= 4 is 0 Å². The number of phenols is 4. The number of phenolic OH excluding ortho intramolecular Hbond substituents is 4. The van der Waals surface area contributed by atoms with Gasteiger partial charge in [0.2, 0.25) is 0 Å². The van der Waals surface area contributed by atoms with Crippen LogP contribution >= 0.6 is 0 Å². The first kappa shape index (κ1) is 16.3. The Morgan fingerprint density at radius 2 is 1.71 bits per heavy atom. The minimum absolute atomic E-state index is 0.0267. The van der Waals surface area contributed by atoms with Crippen LogP contribution in [0.25, 0.3) is 0 Å². The van der Waals surface area contributed by atoms with Gasteiger partial charge in [-0.05, 0) is 42.5 Å². The summed E-state index contributed by atoms with van der Waals surface area (Å²) in [6.45, 7) is 5.88. The Hall–Kier alpha value is -2.56. The Kier molecular flexibility index (Phi) is 3.95. The fourth-order valence-corrected chi connectivity index (χ4v) is 3.35. The number of fused-ring (bicyclic) bond motifs is 1. The molecule has 0 aliphatic carbocycles. The molecule has 0 saturated heterocycles. The molecule has 5 heteroatoms. The maximum absolute atomic E-state index is 10.1. The molecule has 24 heavy (non-hydrogen) atoms. The molecule has 128 valence electrons. The summed E-state index contributed by atoms with van der Waals surface area (Å²) in [5, 5.41) is 39.5. The predicted molar refractivity (Wildman–Crippen MR) is 89.7 cm³/mol. The van der Waals surface area contributed by atoms with Crippen LogP contribution in [0.15, 0.2) is 24.3 Å². The van der Waals surface area contributed by atoms with Crippen LogP contribution in [0.2, 0.25) is 0 Å². The zero-order valence-electron chi connectivity index (χ0n) is 13.9. The molecule has 0 spiro atoms. The third kappa shape index (κ3) is 2.70. The Labute approximate surface area is 140 Å². The lowest BCUT2D eigenvalue weighted by Gasteiger charge is -2.36. The first-order valence-corrected chi connectivity index (χ1v) is 8.02. The second-order valence-corrected chi connectivity index (χ2v) is 6.80. The van der Waals surface area contributed by atoms with Crippen molar-refractivity contribution in [3.8, 4) is 28.7 Å².